The van der Waals surface area contributed by atoms with Gasteiger partial charge in [-0.2, -0.15) is 0 Å². The first-order valence-electron chi connectivity index (χ1n) is 16.0. The number of hydrogen-bond acceptors (Lipinski definition) is 2. The van der Waals surface area contributed by atoms with Crippen LogP contribution in [-0.4, -0.2) is 21.4 Å². The summed E-state index contributed by atoms with van der Waals surface area (Å²) >= 11 is 0. The number of aromatic carboxylic acids is 1. The number of Topliss-reactive ketones (excluding diaryl/α,β-unsaturated/α-hetero) is 1. The molecule has 2 rings (SSSR count). The average molecular weight is 526 g/mol. The Morgan fingerprint density at radius 3 is 1.58 bits per heavy atom. The Kier molecular flexibility index (Phi) is 16.8. The lowest BCUT2D eigenvalue weighted by Gasteiger charge is -2.09. The molecule has 1 heterocycles. The zero-order chi connectivity index (χ0) is 27.4. The third kappa shape index (κ3) is 11.3. The van der Waals surface area contributed by atoms with Crippen molar-refractivity contribution in [1.29, 1.82) is 0 Å². The Morgan fingerprint density at radius 2 is 1.08 bits per heavy atom. The van der Waals surface area contributed by atoms with E-state index in [0.717, 1.165) is 43.0 Å². The topological polar surface area (TPSA) is 59.3 Å². The molecule has 0 aliphatic rings. The van der Waals surface area contributed by atoms with Crippen molar-refractivity contribution in [2.45, 2.75) is 155 Å². The SMILES string of the molecule is CCCCCCCCCCCCCCCCCC(=O)c1c(C(=O)O)n(CCCCCCC)c2ccccc12. The van der Waals surface area contributed by atoms with Crippen molar-refractivity contribution >= 4 is 22.7 Å². The predicted octanol–water partition coefficient (Wildman–Crippen LogP) is 10.8. The Labute approximate surface area is 232 Å². The second-order valence-corrected chi connectivity index (χ2v) is 11.2. The highest BCUT2D eigenvalue weighted by Gasteiger charge is 2.26. The molecule has 0 unspecified atom stereocenters. The number of aromatic nitrogens is 1. The molecule has 2 aromatic rings. The van der Waals surface area contributed by atoms with E-state index in [1.807, 2.05) is 28.8 Å². The number of carboxylic acid groups (broad SMARTS) is 1. The summed E-state index contributed by atoms with van der Waals surface area (Å²) in [7, 11) is 0. The van der Waals surface area contributed by atoms with E-state index < -0.39 is 5.97 Å². The van der Waals surface area contributed by atoms with Crippen LogP contribution in [-0.2, 0) is 6.54 Å². The van der Waals surface area contributed by atoms with E-state index in [1.165, 1.54) is 96.3 Å². The van der Waals surface area contributed by atoms with Gasteiger partial charge in [0.1, 0.15) is 5.69 Å². The molecule has 0 fully saturated rings. The van der Waals surface area contributed by atoms with Crippen molar-refractivity contribution in [1.82, 2.24) is 4.57 Å². The van der Waals surface area contributed by atoms with E-state index in [0.29, 0.717) is 18.5 Å². The van der Waals surface area contributed by atoms with Crippen LogP contribution >= 0.6 is 0 Å². The first-order chi connectivity index (χ1) is 18.6. The van der Waals surface area contributed by atoms with E-state index in [9.17, 15) is 14.7 Å². The molecule has 0 amide bonds. The zero-order valence-corrected chi connectivity index (χ0v) is 24.6. The second kappa shape index (κ2) is 19.9. The summed E-state index contributed by atoms with van der Waals surface area (Å²) < 4.78 is 1.88. The number of ketones is 1. The number of carboxylic acids is 1. The van der Waals surface area contributed by atoms with Crippen LogP contribution < -0.4 is 0 Å². The van der Waals surface area contributed by atoms with Gasteiger partial charge in [0, 0.05) is 23.9 Å². The van der Waals surface area contributed by atoms with Gasteiger partial charge < -0.3 is 9.67 Å². The second-order valence-electron chi connectivity index (χ2n) is 11.2. The first kappa shape index (κ1) is 32.1. The Morgan fingerprint density at radius 1 is 0.632 bits per heavy atom. The molecule has 0 atom stereocenters. The van der Waals surface area contributed by atoms with Crippen LogP contribution in [0.4, 0.5) is 0 Å². The minimum atomic E-state index is -0.991. The molecule has 0 aliphatic carbocycles. The molecule has 1 aromatic carbocycles. The van der Waals surface area contributed by atoms with E-state index >= 15 is 0 Å². The number of hydrogen-bond donors (Lipinski definition) is 1. The van der Waals surface area contributed by atoms with Crippen LogP contribution in [0.3, 0.4) is 0 Å². The summed E-state index contributed by atoms with van der Waals surface area (Å²) in [6.07, 6.45) is 25.4. The molecule has 0 aliphatic heterocycles. The minimum absolute atomic E-state index is 0.0157. The summed E-state index contributed by atoms with van der Waals surface area (Å²) in [4.78, 5) is 25.6. The lowest BCUT2D eigenvalue weighted by molar-refractivity contribution is 0.0680. The van der Waals surface area contributed by atoms with E-state index in [-0.39, 0.29) is 11.5 Å². The number of rotatable bonds is 24. The van der Waals surface area contributed by atoms with Gasteiger partial charge in [-0.3, -0.25) is 4.79 Å². The summed E-state index contributed by atoms with van der Waals surface area (Å²) in [6.45, 7) is 5.12. The molecule has 214 valence electrons. The molecule has 0 bridgehead atoms. The van der Waals surface area contributed by atoms with Crippen LogP contribution in [0.1, 0.15) is 170 Å². The van der Waals surface area contributed by atoms with Gasteiger partial charge in [0.25, 0.3) is 0 Å². The average Bonchev–Trinajstić information content (AvgIpc) is 3.25. The maximum atomic E-state index is 13.3. The summed E-state index contributed by atoms with van der Waals surface area (Å²) in [5.74, 6) is -1.01. The molecule has 4 nitrogen and oxygen atoms in total. The molecule has 0 radical (unpaired) electrons. The quantitative estimate of drug-likeness (QED) is 0.109. The predicted molar refractivity (Wildman–Crippen MR) is 162 cm³/mol. The third-order valence-corrected chi connectivity index (χ3v) is 7.94. The number of nitrogens with zero attached hydrogens (tertiary/aromatic N) is 1. The Bertz CT molecular complexity index is 929. The molecule has 0 saturated carbocycles. The fourth-order valence-corrected chi connectivity index (χ4v) is 5.70. The molecule has 0 spiro atoms. The van der Waals surface area contributed by atoms with E-state index in [4.69, 9.17) is 0 Å². The third-order valence-electron chi connectivity index (χ3n) is 7.94. The normalized spacial score (nSPS) is 11.4. The van der Waals surface area contributed by atoms with Crippen LogP contribution in [0.2, 0.25) is 0 Å². The van der Waals surface area contributed by atoms with Gasteiger partial charge >= 0.3 is 5.97 Å². The van der Waals surface area contributed by atoms with Crippen LogP contribution in [0, 0.1) is 0 Å². The maximum Gasteiger partial charge on any atom is 0.353 e. The van der Waals surface area contributed by atoms with Crippen LogP contribution in [0.25, 0.3) is 10.9 Å². The van der Waals surface area contributed by atoms with Gasteiger partial charge in [0.15, 0.2) is 5.78 Å². The molecule has 0 saturated heterocycles. The molecule has 1 N–H and O–H groups in total. The van der Waals surface area contributed by atoms with E-state index in [2.05, 4.69) is 13.8 Å². The highest BCUT2D eigenvalue weighted by Crippen LogP contribution is 2.29. The van der Waals surface area contributed by atoms with Gasteiger partial charge in [-0.1, -0.05) is 148 Å². The summed E-state index contributed by atoms with van der Waals surface area (Å²) in [5, 5.41) is 10.9. The van der Waals surface area contributed by atoms with Crippen molar-refractivity contribution in [2.24, 2.45) is 0 Å². The molecule has 38 heavy (non-hydrogen) atoms. The molecular weight excluding hydrogens is 470 g/mol. The van der Waals surface area contributed by atoms with Gasteiger partial charge in [0.05, 0.1) is 5.56 Å². The standard InChI is InChI=1S/C34H55NO3/c1-3-5-7-9-10-11-12-13-14-15-16-17-18-19-21-27-31(36)32-29-25-22-23-26-30(29)35(33(32)34(37)38)28-24-20-8-6-4-2/h22-23,25-26H,3-21,24,27-28H2,1-2H3,(H,37,38). The number of unbranched alkanes of at least 4 members (excludes halogenated alkanes) is 18. The highest BCUT2D eigenvalue weighted by molar-refractivity contribution is 6.15. The summed E-state index contributed by atoms with van der Waals surface area (Å²) in [5.41, 5.74) is 1.49. The molecule has 4 heteroatoms. The summed E-state index contributed by atoms with van der Waals surface area (Å²) in [6, 6.07) is 7.71. The Balaban J connectivity index is 1.73. The van der Waals surface area contributed by atoms with Gasteiger partial charge in [-0.05, 0) is 18.9 Å². The largest absolute Gasteiger partial charge is 0.477 e. The van der Waals surface area contributed by atoms with Gasteiger partial charge in [-0.25, -0.2) is 4.79 Å². The van der Waals surface area contributed by atoms with Crippen molar-refractivity contribution in [3.63, 3.8) is 0 Å². The zero-order valence-electron chi connectivity index (χ0n) is 24.6. The molecule has 1 aromatic heterocycles. The van der Waals surface area contributed by atoms with Gasteiger partial charge in [-0.15, -0.1) is 0 Å². The number of para-hydroxylation sites is 1. The number of carbonyl (C=O) groups is 2. The smallest absolute Gasteiger partial charge is 0.353 e. The fraction of sp³-hybridized carbons (Fsp3) is 0.706. The maximum absolute atomic E-state index is 13.3. The van der Waals surface area contributed by atoms with Crippen molar-refractivity contribution in [2.75, 3.05) is 0 Å². The number of carbonyl (C=O) groups excluding carboxylic acids is 1. The molecular formula is C34H55NO3. The fourth-order valence-electron chi connectivity index (χ4n) is 5.70. The first-order valence-corrected chi connectivity index (χ1v) is 16.0. The van der Waals surface area contributed by atoms with Crippen LogP contribution in [0.5, 0.6) is 0 Å². The van der Waals surface area contributed by atoms with Crippen molar-refractivity contribution in [3.05, 3.63) is 35.5 Å². The monoisotopic (exact) mass is 525 g/mol. The number of fused-ring (bicyclic) bond motifs is 1. The van der Waals surface area contributed by atoms with Crippen molar-refractivity contribution in [3.8, 4) is 0 Å². The minimum Gasteiger partial charge on any atom is -0.477 e. The highest BCUT2D eigenvalue weighted by atomic mass is 16.4. The number of benzene rings is 1. The lowest BCUT2D eigenvalue weighted by atomic mass is 10.00. The number of aryl methyl sites for hydroxylation is 1. The van der Waals surface area contributed by atoms with Crippen molar-refractivity contribution < 1.29 is 14.7 Å². The Hall–Kier alpha value is -2.10. The lowest BCUT2D eigenvalue weighted by Crippen LogP contribution is -2.13. The van der Waals surface area contributed by atoms with Gasteiger partial charge in [0.2, 0.25) is 0 Å². The van der Waals surface area contributed by atoms with Crippen LogP contribution in [0.15, 0.2) is 24.3 Å². The van der Waals surface area contributed by atoms with E-state index in [1.54, 1.807) is 0 Å².